The number of anilines is 1. The Balaban J connectivity index is 2.67. The van der Waals surface area contributed by atoms with Gasteiger partial charge < -0.3 is 15.0 Å². The van der Waals surface area contributed by atoms with Crippen LogP contribution < -0.4 is 5.73 Å². The number of nitrogens with zero attached hydrogens (tertiary/aromatic N) is 2. The summed E-state index contributed by atoms with van der Waals surface area (Å²) in [6.07, 6.45) is 0. The number of fused-ring (bicyclic) bond motifs is 1. The first-order chi connectivity index (χ1) is 7.27. The van der Waals surface area contributed by atoms with Gasteiger partial charge in [0.15, 0.2) is 0 Å². The Hall–Kier alpha value is -1.55. The fourth-order valence-electron chi connectivity index (χ4n) is 1.81. The smallest absolute Gasteiger partial charge is 0.136 e. The van der Waals surface area contributed by atoms with Gasteiger partial charge in [-0.15, -0.1) is 0 Å². The zero-order chi connectivity index (χ0) is 10.8. The van der Waals surface area contributed by atoms with Gasteiger partial charge in [0.2, 0.25) is 0 Å². The number of imidazole rings is 1. The van der Waals surface area contributed by atoms with Crippen LogP contribution in [0, 0.1) is 0 Å². The van der Waals surface area contributed by atoms with Crippen molar-refractivity contribution >= 4 is 16.7 Å². The van der Waals surface area contributed by atoms with Gasteiger partial charge in [0.1, 0.15) is 17.9 Å². The molecule has 0 aliphatic rings. The number of aromatic nitrogens is 2. The molecule has 0 saturated heterocycles. The first-order valence-electron chi connectivity index (χ1n) is 5.00. The number of ether oxygens (including phenoxy) is 1. The Morgan fingerprint density at radius 2 is 2.27 bits per heavy atom. The summed E-state index contributed by atoms with van der Waals surface area (Å²) < 4.78 is 7.24. The molecule has 15 heavy (non-hydrogen) atoms. The van der Waals surface area contributed by atoms with E-state index in [0.29, 0.717) is 6.61 Å². The number of hydrogen-bond acceptors (Lipinski definition) is 3. The maximum atomic E-state index is 5.87. The Bertz CT molecular complexity index is 476. The van der Waals surface area contributed by atoms with E-state index < -0.39 is 0 Å². The van der Waals surface area contributed by atoms with E-state index in [9.17, 15) is 0 Å². The summed E-state index contributed by atoms with van der Waals surface area (Å²) in [6.45, 7) is 3.48. The molecule has 0 aliphatic carbocycles. The van der Waals surface area contributed by atoms with E-state index in [2.05, 4.69) is 16.5 Å². The van der Waals surface area contributed by atoms with Crippen molar-refractivity contribution in [3.05, 3.63) is 24.0 Å². The predicted molar refractivity (Wildman–Crippen MR) is 60.5 cm³/mol. The molecular weight excluding hydrogens is 190 g/mol. The Kier molecular flexibility index (Phi) is 2.60. The van der Waals surface area contributed by atoms with E-state index in [0.717, 1.165) is 29.1 Å². The largest absolute Gasteiger partial charge is 0.397 e. The molecule has 1 heterocycles. The minimum atomic E-state index is 0.516. The van der Waals surface area contributed by atoms with E-state index in [4.69, 9.17) is 10.5 Å². The molecule has 0 amide bonds. The van der Waals surface area contributed by atoms with E-state index in [1.807, 2.05) is 18.2 Å². The molecule has 4 nitrogen and oxygen atoms in total. The average molecular weight is 205 g/mol. The molecule has 0 radical (unpaired) electrons. The van der Waals surface area contributed by atoms with Crippen LogP contribution in [0.25, 0.3) is 11.0 Å². The number of aryl methyl sites for hydroxylation is 1. The minimum Gasteiger partial charge on any atom is -0.397 e. The van der Waals surface area contributed by atoms with Crippen LogP contribution in [0.1, 0.15) is 12.7 Å². The van der Waals surface area contributed by atoms with Crippen LogP contribution in [0.15, 0.2) is 18.2 Å². The summed E-state index contributed by atoms with van der Waals surface area (Å²) in [4.78, 5) is 4.49. The zero-order valence-corrected chi connectivity index (χ0v) is 9.03. The SMILES string of the molecule is CCn1c(COC)nc2c(N)cccc21. The second-order valence-electron chi connectivity index (χ2n) is 3.42. The summed E-state index contributed by atoms with van der Waals surface area (Å²) in [5, 5.41) is 0. The third-order valence-electron chi connectivity index (χ3n) is 2.48. The fraction of sp³-hybridized carbons (Fsp3) is 0.364. The predicted octanol–water partition coefficient (Wildman–Crippen LogP) is 1.78. The third kappa shape index (κ3) is 1.57. The second-order valence-corrected chi connectivity index (χ2v) is 3.42. The normalized spacial score (nSPS) is 11.1. The highest BCUT2D eigenvalue weighted by Gasteiger charge is 2.10. The van der Waals surface area contributed by atoms with Gasteiger partial charge in [0, 0.05) is 13.7 Å². The third-order valence-corrected chi connectivity index (χ3v) is 2.48. The maximum Gasteiger partial charge on any atom is 0.136 e. The van der Waals surface area contributed by atoms with Crippen LogP contribution in [0.2, 0.25) is 0 Å². The van der Waals surface area contributed by atoms with Gasteiger partial charge >= 0.3 is 0 Å². The highest BCUT2D eigenvalue weighted by atomic mass is 16.5. The summed E-state index contributed by atoms with van der Waals surface area (Å²) in [7, 11) is 1.67. The molecule has 0 fully saturated rings. The molecule has 1 aromatic carbocycles. The number of nitrogens with two attached hydrogens (primary N) is 1. The molecule has 0 unspecified atom stereocenters. The lowest BCUT2D eigenvalue weighted by molar-refractivity contribution is 0.175. The number of hydrogen-bond donors (Lipinski definition) is 1. The molecular formula is C11H15N3O. The van der Waals surface area contributed by atoms with E-state index in [-0.39, 0.29) is 0 Å². The van der Waals surface area contributed by atoms with E-state index >= 15 is 0 Å². The number of nitrogen functional groups attached to an aromatic ring is 1. The van der Waals surface area contributed by atoms with Gasteiger partial charge in [-0.05, 0) is 19.1 Å². The Morgan fingerprint density at radius 3 is 2.93 bits per heavy atom. The van der Waals surface area contributed by atoms with Crippen molar-refractivity contribution in [2.24, 2.45) is 0 Å². The fourth-order valence-corrected chi connectivity index (χ4v) is 1.81. The number of benzene rings is 1. The average Bonchev–Trinajstić information content (AvgIpc) is 2.58. The first-order valence-corrected chi connectivity index (χ1v) is 5.00. The molecule has 2 N–H and O–H groups in total. The minimum absolute atomic E-state index is 0.516. The van der Waals surface area contributed by atoms with Gasteiger partial charge in [-0.3, -0.25) is 0 Å². The standard InChI is InChI=1S/C11H15N3O/c1-3-14-9-6-4-5-8(12)11(9)13-10(14)7-15-2/h4-6H,3,7,12H2,1-2H3. The van der Waals surface area contributed by atoms with Crippen LogP contribution in [0.4, 0.5) is 5.69 Å². The van der Waals surface area contributed by atoms with Crippen LogP contribution >= 0.6 is 0 Å². The van der Waals surface area contributed by atoms with Crippen molar-refractivity contribution in [1.29, 1.82) is 0 Å². The van der Waals surface area contributed by atoms with E-state index in [1.54, 1.807) is 7.11 Å². The Labute approximate surface area is 88.7 Å². The summed E-state index contributed by atoms with van der Waals surface area (Å²) in [5.74, 6) is 0.924. The lowest BCUT2D eigenvalue weighted by Gasteiger charge is -2.04. The first kappa shape index (κ1) is 9.98. The van der Waals surface area contributed by atoms with Gasteiger partial charge in [-0.25, -0.2) is 4.98 Å². The number of methoxy groups -OCH3 is 1. The quantitative estimate of drug-likeness (QED) is 0.777. The molecule has 2 rings (SSSR count). The van der Waals surface area contributed by atoms with Crippen molar-refractivity contribution in [3.63, 3.8) is 0 Å². The molecule has 0 atom stereocenters. The summed E-state index contributed by atoms with van der Waals surface area (Å²) in [5.41, 5.74) is 8.53. The van der Waals surface area contributed by atoms with Crippen LogP contribution in [-0.4, -0.2) is 16.7 Å². The monoisotopic (exact) mass is 205 g/mol. The van der Waals surface area contributed by atoms with Gasteiger partial charge in [-0.2, -0.15) is 0 Å². The highest BCUT2D eigenvalue weighted by molar-refractivity contribution is 5.87. The molecule has 0 aliphatic heterocycles. The molecule has 2 aromatic rings. The number of para-hydroxylation sites is 1. The van der Waals surface area contributed by atoms with E-state index in [1.165, 1.54) is 0 Å². The molecule has 0 spiro atoms. The Morgan fingerprint density at radius 1 is 1.47 bits per heavy atom. The van der Waals surface area contributed by atoms with Crippen molar-refractivity contribution in [1.82, 2.24) is 9.55 Å². The topological polar surface area (TPSA) is 53.1 Å². The van der Waals surface area contributed by atoms with Crippen molar-refractivity contribution < 1.29 is 4.74 Å². The molecule has 0 saturated carbocycles. The molecule has 80 valence electrons. The molecule has 1 aromatic heterocycles. The lowest BCUT2D eigenvalue weighted by atomic mass is 10.3. The maximum absolute atomic E-state index is 5.87. The van der Waals surface area contributed by atoms with Crippen LogP contribution in [0.5, 0.6) is 0 Å². The van der Waals surface area contributed by atoms with Crippen LogP contribution in [0.3, 0.4) is 0 Å². The van der Waals surface area contributed by atoms with Crippen molar-refractivity contribution in [2.45, 2.75) is 20.1 Å². The van der Waals surface area contributed by atoms with Crippen molar-refractivity contribution in [2.75, 3.05) is 12.8 Å². The van der Waals surface area contributed by atoms with Crippen molar-refractivity contribution in [3.8, 4) is 0 Å². The van der Waals surface area contributed by atoms with Gasteiger partial charge in [0.05, 0.1) is 11.2 Å². The second kappa shape index (κ2) is 3.90. The number of rotatable bonds is 3. The van der Waals surface area contributed by atoms with Gasteiger partial charge in [-0.1, -0.05) is 6.07 Å². The lowest BCUT2D eigenvalue weighted by Crippen LogP contribution is -2.02. The summed E-state index contributed by atoms with van der Waals surface area (Å²) in [6, 6.07) is 5.84. The highest BCUT2D eigenvalue weighted by Crippen LogP contribution is 2.21. The molecule has 4 heteroatoms. The molecule has 0 bridgehead atoms. The zero-order valence-electron chi connectivity index (χ0n) is 9.03. The van der Waals surface area contributed by atoms with Crippen LogP contribution in [-0.2, 0) is 17.9 Å². The summed E-state index contributed by atoms with van der Waals surface area (Å²) >= 11 is 0. The van der Waals surface area contributed by atoms with Gasteiger partial charge in [0.25, 0.3) is 0 Å².